The molecule has 0 amide bonds. The summed E-state index contributed by atoms with van der Waals surface area (Å²) in [6.07, 6.45) is 5.84. The van der Waals surface area contributed by atoms with Gasteiger partial charge in [0.25, 0.3) is 0 Å². The highest BCUT2D eigenvalue weighted by Gasteiger charge is 2.58. The van der Waals surface area contributed by atoms with E-state index < -0.39 is 0 Å². The normalized spacial score (nSPS) is 39.2. The fourth-order valence-electron chi connectivity index (χ4n) is 2.61. The average Bonchev–Trinajstić information content (AvgIpc) is 2.93. The molecule has 1 atom stereocenters. The van der Waals surface area contributed by atoms with Gasteiger partial charge in [-0.15, -0.1) is 0 Å². The Labute approximate surface area is 79.3 Å². The standard InChI is InChI=1S/C11H18O2/c1-10(7-13-10)6-11(12,8-2-3-8)9-4-5-9/h8-9,12H,2-7H2,1H3. The van der Waals surface area contributed by atoms with Crippen LogP contribution in [0.1, 0.15) is 39.0 Å². The molecule has 0 aromatic rings. The second-order valence-electron chi connectivity index (χ2n) is 5.46. The maximum Gasteiger partial charge on any atom is 0.0916 e. The third-order valence-corrected chi connectivity index (χ3v) is 3.86. The van der Waals surface area contributed by atoms with Crippen LogP contribution in [0.15, 0.2) is 0 Å². The Hall–Kier alpha value is -0.0800. The van der Waals surface area contributed by atoms with Crippen LogP contribution in [-0.2, 0) is 4.74 Å². The van der Waals surface area contributed by atoms with Gasteiger partial charge in [0.05, 0.1) is 17.8 Å². The molecule has 2 aliphatic carbocycles. The van der Waals surface area contributed by atoms with E-state index in [1.807, 2.05) is 0 Å². The van der Waals surface area contributed by atoms with E-state index in [1.165, 1.54) is 25.7 Å². The average molecular weight is 182 g/mol. The van der Waals surface area contributed by atoms with Gasteiger partial charge >= 0.3 is 0 Å². The van der Waals surface area contributed by atoms with Gasteiger partial charge in [0, 0.05) is 6.42 Å². The van der Waals surface area contributed by atoms with Crippen LogP contribution in [-0.4, -0.2) is 22.9 Å². The van der Waals surface area contributed by atoms with Gasteiger partial charge in [0.2, 0.25) is 0 Å². The maximum atomic E-state index is 10.6. The number of aliphatic hydroxyl groups is 1. The SMILES string of the molecule is CC1(CC(O)(C2CC2)C2CC2)CO1. The molecule has 1 N–H and O–H groups in total. The highest BCUT2D eigenvalue weighted by Crippen LogP contribution is 2.56. The predicted octanol–water partition coefficient (Wildman–Crippen LogP) is 1.72. The Morgan fingerprint density at radius 3 is 2.08 bits per heavy atom. The summed E-state index contributed by atoms with van der Waals surface area (Å²) in [5.41, 5.74) is -0.328. The van der Waals surface area contributed by atoms with Gasteiger partial charge in [-0.1, -0.05) is 0 Å². The minimum absolute atomic E-state index is 0.0277. The summed E-state index contributed by atoms with van der Waals surface area (Å²) in [6.45, 7) is 2.98. The Morgan fingerprint density at radius 1 is 1.31 bits per heavy atom. The van der Waals surface area contributed by atoms with Crippen LogP contribution in [0.5, 0.6) is 0 Å². The lowest BCUT2D eigenvalue weighted by molar-refractivity contribution is -0.0301. The van der Waals surface area contributed by atoms with Crippen LogP contribution >= 0.6 is 0 Å². The zero-order valence-corrected chi connectivity index (χ0v) is 8.25. The van der Waals surface area contributed by atoms with Crippen molar-refractivity contribution in [3.63, 3.8) is 0 Å². The molecule has 13 heavy (non-hydrogen) atoms. The zero-order chi connectivity index (χ0) is 9.10. The van der Waals surface area contributed by atoms with Crippen LogP contribution in [0, 0.1) is 11.8 Å². The van der Waals surface area contributed by atoms with Gasteiger partial charge < -0.3 is 9.84 Å². The van der Waals surface area contributed by atoms with Crippen molar-refractivity contribution in [1.82, 2.24) is 0 Å². The first-order valence-electron chi connectivity index (χ1n) is 5.49. The Morgan fingerprint density at radius 2 is 1.77 bits per heavy atom. The van der Waals surface area contributed by atoms with E-state index in [0.717, 1.165) is 13.0 Å². The molecule has 3 fully saturated rings. The van der Waals surface area contributed by atoms with Crippen molar-refractivity contribution in [2.75, 3.05) is 6.61 Å². The van der Waals surface area contributed by atoms with E-state index in [2.05, 4.69) is 6.92 Å². The third kappa shape index (κ3) is 1.40. The van der Waals surface area contributed by atoms with Crippen molar-refractivity contribution >= 4 is 0 Å². The van der Waals surface area contributed by atoms with Gasteiger partial charge in [0.1, 0.15) is 0 Å². The second-order valence-corrected chi connectivity index (χ2v) is 5.46. The molecule has 1 saturated heterocycles. The molecular weight excluding hydrogens is 164 g/mol. The van der Waals surface area contributed by atoms with Gasteiger partial charge in [-0.25, -0.2) is 0 Å². The van der Waals surface area contributed by atoms with E-state index in [-0.39, 0.29) is 11.2 Å². The first-order valence-corrected chi connectivity index (χ1v) is 5.49. The van der Waals surface area contributed by atoms with Crippen LogP contribution in [0.2, 0.25) is 0 Å². The van der Waals surface area contributed by atoms with Crippen LogP contribution in [0.4, 0.5) is 0 Å². The molecule has 2 nitrogen and oxygen atoms in total. The van der Waals surface area contributed by atoms with Crippen molar-refractivity contribution in [3.05, 3.63) is 0 Å². The molecule has 2 saturated carbocycles. The summed E-state index contributed by atoms with van der Waals surface area (Å²) < 4.78 is 5.39. The minimum Gasteiger partial charge on any atom is -0.389 e. The third-order valence-electron chi connectivity index (χ3n) is 3.86. The van der Waals surface area contributed by atoms with Gasteiger partial charge in [-0.05, 0) is 44.4 Å². The lowest BCUT2D eigenvalue weighted by atomic mass is 9.83. The van der Waals surface area contributed by atoms with E-state index in [0.29, 0.717) is 11.8 Å². The Balaban J connectivity index is 1.73. The summed E-state index contributed by atoms with van der Waals surface area (Å²) in [7, 11) is 0. The van der Waals surface area contributed by atoms with Crippen LogP contribution in [0.25, 0.3) is 0 Å². The second kappa shape index (κ2) is 2.29. The predicted molar refractivity (Wildman–Crippen MR) is 49.4 cm³/mol. The maximum absolute atomic E-state index is 10.6. The lowest BCUT2D eigenvalue weighted by Crippen LogP contribution is -2.38. The highest BCUT2D eigenvalue weighted by atomic mass is 16.6. The molecule has 0 aromatic heterocycles. The summed E-state index contributed by atoms with van der Waals surface area (Å²) in [4.78, 5) is 0. The largest absolute Gasteiger partial charge is 0.389 e. The Bertz CT molecular complexity index is 212. The number of epoxide rings is 1. The monoisotopic (exact) mass is 182 g/mol. The summed E-state index contributed by atoms with van der Waals surface area (Å²) >= 11 is 0. The van der Waals surface area contributed by atoms with Gasteiger partial charge in [-0.2, -0.15) is 0 Å². The molecule has 2 heteroatoms. The molecule has 0 spiro atoms. The fourth-order valence-corrected chi connectivity index (χ4v) is 2.61. The molecule has 1 heterocycles. The minimum atomic E-state index is -0.356. The first kappa shape index (κ1) is 8.25. The number of rotatable bonds is 4. The number of ether oxygens (including phenoxy) is 1. The summed E-state index contributed by atoms with van der Waals surface area (Å²) in [5, 5.41) is 10.6. The van der Waals surface area contributed by atoms with Crippen molar-refractivity contribution in [1.29, 1.82) is 0 Å². The fraction of sp³-hybridized carbons (Fsp3) is 1.00. The van der Waals surface area contributed by atoms with Gasteiger partial charge in [0.15, 0.2) is 0 Å². The summed E-state index contributed by atoms with van der Waals surface area (Å²) in [5.74, 6) is 1.20. The molecule has 74 valence electrons. The van der Waals surface area contributed by atoms with Crippen molar-refractivity contribution in [3.8, 4) is 0 Å². The molecule has 1 aliphatic heterocycles. The molecule has 1 unspecified atom stereocenters. The van der Waals surface area contributed by atoms with E-state index in [9.17, 15) is 5.11 Å². The van der Waals surface area contributed by atoms with Crippen molar-refractivity contribution in [2.24, 2.45) is 11.8 Å². The van der Waals surface area contributed by atoms with Crippen LogP contribution in [0.3, 0.4) is 0 Å². The molecule has 3 aliphatic rings. The summed E-state index contributed by atoms with van der Waals surface area (Å²) in [6, 6.07) is 0. The van der Waals surface area contributed by atoms with Crippen molar-refractivity contribution in [2.45, 2.75) is 50.2 Å². The topological polar surface area (TPSA) is 32.8 Å². The smallest absolute Gasteiger partial charge is 0.0916 e. The molecule has 0 bridgehead atoms. The van der Waals surface area contributed by atoms with Gasteiger partial charge in [-0.3, -0.25) is 0 Å². The van der Waals surface area contributed by atoms with E-state index >= 15 is 0 Å². The molecule has 0 aromatic carbocycles. The van der Waals surface area contributed by atoms with E-state index in [4.69, 9.17) is 4.74 Å². The van der Waals surface area contributed by atoms with Crippen LogP contribution < -0.4 is 0 Å². The molecule has 0 radical (unpaired) electrons. The van der Waals surface area contributed by atoms with E-state index in [1.54, 1.807) is 0 Å². The highest BCUT2D eigenvalue weighted by molar-refractivity contribution is 5.08. The molecular formula is C11H18O2. The molecule has 3 rings (SSSR count). The number of hydrogen-bond acceptors (Lipinski definition) is 2. The first-order chi connectivity index (χ1) is 6.12. The lowest BCUT2D eigenvalue weighted by Gasteiger charge is -2.30. The Kier molecular flexibility index (Phi) is 1.45. The zero-order valence-electron chi connectivity index (χ0n) is 8.25. The quantitative estimate of drug-likeness (QED) is 0.671. The number of hydrogen-bond donors (Lipinski definition) is 1. The van der Waals surface area contributed by atoms with Crippen molar-refractivity contribution < 1.29 is 9.84 Å².